The minimum Gasteiger partial charge on any atom is -0.491 e. The second kappa shape index (κ2) is 7.00. The Kier molecular flexibility index (Phi) is 5.30. The second-order valence-electron chi connectivity index (χ2n) is 4.96. The van der Waals surface area contributed by atoms with Crippen LogP contribution >= 0.6 is 0 Å². The molecule has 4 nitrogen and oxygen atoms in total. The zero-order valence-electron chi connectivity index (χ0n) is 11.6. The molecule has 1 aliphatic rings. The van der Waals surface area contributed by atoms with E-state index in [1.54, 1.807) is 12.1 Å². The van der Waals surface area contributed by atoms with Gasteiger partial charge in [-0.3, -0.25) is 4.74 Å². The summed E-state index contributed by atoms with van der Waals surface area (Å²) in [4.78, 5) is 2.24. The third-order valence-corrected chi connectivity index (χ3v) is 3.36. The number of rotatable bonds is 5. The SMILES string of the molecule is NC1CCN(c2ccc(OCCOC(F)(F)F)cc2)CC1. The average Bonchev–Trinajstić information content (AvgIpc) is 2.44. The minimum atomic E-state index is -4.61. The molecule has 0 atom stereocenters. The fourth-order valence-electron chi connectivity index (χ4n) is 2.23. The molecule has 21 heavy (non-hydrogen) atoms. The van der Waals surface area contributed by atoms with Crippen molar-refractivity contribution in [3.8, 4) is 5.75 Å². The van der Waals surface area contributed by atoms with Gasteiger partial charge in [0.1, 0.15) is 12.4 Å². The molecule has 0 unspecified atom stereocenters. The summed E-state index contributed by atoms with van der Waals surface area (Å²) in [6.07, 6.45) is -2.68. The number of nitrogens with zero attached hydrogens (tertiary/aromatic N) is 1. The lowest BCUT2D eigenvalue weighted by molar-refractivity contribution is -0.325. The zero-order chi connectivity index (χ0) is 15.3. The van der Waals surface area contributed by atoms with Gasteiger partial charge >= 0.3 is 6.36 Å². The van der Waals surface area contributed by atoms with Gasteiger partial charge in [-0.15, -0.1) is 13.2 Å². The smallest absolute Gasteiger partial charge is 0.491 e. The molecule has 1 aliphatic heterocycles. The Hall–Kier alpha value is -1.47. The number of hydrogen-bond donors (Lipinski definition) is 1. The molecule has 0 amide bonds. The van der Waals surface area contributed by atoms with Gasteiger partial charge in [-0.25, -0.2) is 0 Å². The van der Waals surface area contributed by atoms with Gasteiger partial charge in [-0.05, 0) is 37.1 Å². The van der Waals surface area contributed by atoms with Crippen LogP contribution in [0.5, 0.6) is 5.75 Å². The number of alkyl halides is 3. The van der Waals surface area contributed by atoms with E-state index in [1.165, 1.54) is 0 Å². The van der Waals surface area contributed by atoms with Crippen molar-refractivity contribution in [3.63, 3.8) is 0 Å². The maximum absolute atomic E-state index is 11.8. The van der Waals surface area contributed by atoms with Gasteiger partial charge in [-0.2, -0.15) is 0 Å². The number of hydrogen-bond acceptors (Lipinski definition) is 4. The summed E-state index contributed by atoms with van der Waals surface area (Å²) in [5.41, 5.74) is 6.93. The fraction of sp³-hybridized carbons (Fsp3) is 0.571. The van der Waals surface area contributed by atoms with Crippen molar-refractivity contribution < 1.29 is 22.6 Å². The highest BCUT2D eigenvalue weighted by Crippen LogP contribution is 2.22. The zero-order valence-corrected chi connectivity index (χ0v) is 11.6. The monoisotopic (exact) mass is 304 g/mol. The lowest BCUT2D eigenvalue weighted by Gasteiger charge is -2.32. The van der Waals surface area contributed by atoms with Crippen molar-refractivity contribution >= 4 is 5.69 Å². The van der Waals surface area contributed by atoms with Crippen LogP contribution in [0.1, 0.15) is 12.8 Å². The molecule has 0 radical (unpaired) electrons. The molecule has 0 aromatic heterocycles. The molecule has 1 aromatic rings. The normalized spacial score (nSPS) is 17.0. The maximum Gasteiger partial charge on any atom is 0.522 e. The summed E-state index contributed by atoms with van der Waals surface area (Å²) in [6, 6.07) is 7.57. The minimum absolute atomic E-state index is 0.141. The highest BCUT2D eigenvalue weighted by Gasteiger charge is 2.28. The van der Waals surface area contributed by atoms with Crippen molar-refractivity contribution in [3.05, 3.63) is 24.3 Å². The lowest BCUT2D eigenvalue weighted by Crippen LogP contribution is -2.39. The molecular weight excluding hydrogens is 285 g/mol. The van der Waals surface area contributed by atoms with E-state index >= 15 is 0 Å². The highest BCUT2D eigenvalue weighted by molar-refractivity contribution is 5.49. The first-order valence-electron chi connectivity index (χ1n) is 6.88. The van der Waals surface area contributed by atoms with Gasteiger partial charge in [0.15, 0.2) is 0 Å². The number of ether oxygens (including phenoxy) is 2. The number of piperidine rings is 1. The predicted octanol–water partition coefficient (Wildman–Crippen LogP) is 2.53. The topological polar surface area (TPSA) is 47.7 Å². The van der Waals surface area contributed by atoms with E-state index in [4.69, 9.17) is 10.5 Å². The Morgan fingerprint density at radius 2 is 1.71 bits per heavy atom. The Bertz CT molecular complexity index is 429. The average molecular weight is 304 g/mol. The molecule has 1 saturated heterocycles. The summed E-state index contributed by atoms with van der Waals surface area (Å²) in [5, 5.41) is 0. The van der Waals surface area contributed by atoms with Crippen LogP contribution in [-0.2, 0) is 4.74 Å². The molecule has 0 spiro atoms. The summed E-state index contributed by atoms with van der Waals surface area (Å²) in [7, 11) is 0. The van der Waals surface area contributed by atoms with Crippen molar-refractivity contribution in [2.75, 3.05) is 31.2 Å². The Balaban J connectivity index is 1.77. The number of benzene rings is 1. The Morgan fingerprint density at radius 1 is 1.10 bits per heavy atom. The maximum atomic E-state index is 11.8. The molecule has 1 fully saturated rings. The second-order valence-corrected chi connectivity index (χ2v) is 4.96. The van der Waals surface area contributed by atoms with Gasteiger partial charge in [0.25, 0.3) is 0 Å². The molecular formula is C14H19F3N2O2. The largest absolute Gasteiger partial charge is 0.522 e. The Morgan fingerprint density at radius 3 is 2.29 bits per heavy atom. The Labute approximate surface area is 121 Å². The van der Waals surface area contributed by atoms with E-state index in [0.717, 1.165) is 31.6 Å². The molecule has 0 saturated carbocycles. The van der Waals surface area contributed by atoms with Crippen LogP contribution < -0.4 is 15.4 Å². The van der Waals surface area contributed by atoms with Gasteiger partial charge in [0.05, 0.1) is 6.61 Å². The van der Waals surface area contributed by atoms with Crippen LogP contribution in [-0.4, -0.2) is 38.7 Å². The third-order valence-electron chi connectivity index (χ3n) is 3.36. The molecule has 0 bridgehead atoms. The van der Waals surface area contributed by atoms with Crippen LogP contribution in [0.15, 0.2) is 24.3 Å². The van der Waals surface area contributed by atoms with E-state index < -0.39 is 13.0 Å². The predicted molar refractivity (Wildman–Crippen MR) is 73.4 cm³/mol. The quantitative estimate of drug-likeness (QED) is 0.849. The van der Waals surface area contributed by atoms with Crippen molar-refractivity contribution in [1.82, 2.24) is 0 Å². The number of nitrogens with two attached hydrogens (primary N) is 1. The van der Waals surface area contributed by atoms with Crippen molar-refractivity contribution in [2.24, 2.45) is 5.73 Å². The van der Waals surface area contributed by atoms with Crippen molar-refractivity contribution in [2.45, 2.75) is 25.2 Å². The summed E-state index contributed by atoms with van der Waals surface area (Å²) in [5.74, 6) is 0.526. The summed E-state index contributed by atoms with van der Waals surface area (Å²) >= 11 is 0. The van der Waals surface area contributed by atoms with E-state index in [-0.39, 0.29) is 12.6 Å². The van der Waals surface area contributed by atoms with Gasteiger partial charge < -0.3 is 15.4 Å². The van der Waals surface area contributed by atoms with Crippen LogP contribution in [0.3, 0.4) is 0 Å². The summed E-state index contributed by atoms with van der Waals surface area (Å²) in [6.45, 7) is 1.17. The fourth-order valence-corrected chi connectivity index (χ4v) is 2.23. The molecule has 1 aromatic carbocycles. The van der Waals surface area contributed by atoms with E-state index in [9.17, 15) is 13.2 Å². The van der Waals surface area contributed by atoms with Crippen LogP contribution in [0.25, 0.3) is 0 Å². The standard InChI is InChI=1S/C14H19F3N2O2/c15-14(16,17)21-10-9-20-13-3-1-12(2-4-13)19-7-5-11(18)6-8-19/h1-4,11H,5-10,18H2. The first kappa shape index (κ1) is 15.9. The van der Waals surface area contributed by atoms with Crippen LogP contribution in [0.2, 0.25) is 0 Å². The number of anilines is 1. The lowest BCUT2D eigenvalue weighted by atomic mass is 10.1. The third kappa shape index (κ3) is 5.43. The molecule has 2 N–H and O–H groups in total. The van der Waals surface area contributed by atoms with Gasteiger partial charge in [0.2, 0.25) is 0 Å². The molecule has 0 aliphatic carbocycles. The van der Waals surface area contributed by atoms with E-state index in [2.05, 4.69) is 9.64 Å². The van der Waals surface area contributed by atoms with Crippen molar-refractivity contribution in [1.29, 1.82) is 0 Å². The molecule has 7 heteroatoms. The summed E-state index contributed by atoms with van der Waals surface area (Å²) < 4.78 is 44.2. The van der Waals surface area contributed by atoms with Gasteiger partial charge in [0, 0.05) is 24.8 Å². The van der Waals surface area contributed by atoms with Crippen LogP contribution in [0, 0.1) is 0 Å². The number of halogens is 3. The van der Waals surface area contributed by atoms with E-state index in [0.29, 0.717) is 5.75 Å². The highest BCUT2D eigenvalue weighted by atomic mass is 19.4. The van der Waals surface area contributed by atoms with Crippen LogP contribution in [0.4, 0.5) is 18.9 Å². The molecule has 118 valence electrons. The first-order valence-corrected chi connectivity index (χ1v) is 6.88. The molecule has 2 rings (SSSR count). The first-order chi connectivity index (χ1) is 9.94. The van der Waals surface area contributed by atoms with E-state index in [1.807, 2.05) is 12.1 Å². The van der Waals surface area contributed by atoms with Gasteiger partial charge in [-0.1, -0.05) is 0 Å². The molecule has 1 heterocycles.